The van der Waals surface area contributed by atoms with Crippen molar-refractivity contribution in [1.29, 1.82) is 0 Å². The van der Waals surface area contributed by atoms with Crippen LogP contribution in [0.5, 0.6) is 5.75 Å². The molecule has 3 amide bonds. The van der Waals surface area contributed by atoms with E-state index in [0.717, 1.165) is 29.5 Å². The van der Waals surface area contributed by atoms with Gasteiger partial charge < -0.3 is 25.3 Å². The monoisotopic (exact) mass is 548 g/mol. The lowest BCUT2D eigenvalue weighted by atomic mass is 10.00. The largest absolute Gasteiger partial charge is 0.507 e. The van der Waals surface area contributed by atoms with Gasteiger partial charge in [-0.05, 0) is 64.2 Å². The average Bonchev–Trinajstić information content (AvgIpc) is 3.39. The molecule has 0 radical (unpaired) electrons. The highest BCUT2D eigenvalue weighted by atomic mass is 16.6. The average molecular weight is 549 g/mol. The molecule has 2 atom stereocenters. The van der Waals surface area contributed by atoms with Crippen molar-refractivity contribution in [1.82, 2.24) is 15.2 Å². The first-order valence-corrected chi connectivity index (χ1v) is 13.4. The van der Waals surface area contributed by atoms with Gasteiger partial charge in [0.1, 0.15) is 23.4 Å². The number of nitrogens with two attached hydrogens (primary N) is 1. The van der Waals surface area contributed by atoms with Crippen LogP contribution in [0.25, 0.3) is 22.8 Å². The summed E-state index contributed by atoms with van der Waals surface area (Å²) in [5.41, 5.74) is 7.71. The Balaban J connectivity index is 1.43. The minimum Gasteiger partial charge on any atom is -0.507 e. The summed E-state index contributed by atoms with van der Waals surface area (Å²) in [4.78, 5) is 43.9. The number of hydrogen-bond donors (Lipinski definition) is 3. The first kappa shape index (κ1) is 28.7. The molecular weight excluding hydrogens is 512 g/mol. The summed E-state index contributed by atoms with van der Waals surface area (Å²) in [6, 6.07) is 10.9. The van der Waals surface area contributed by atoms with Crippen molar-refractivity contribution in [3.05, 3.63) is 59.8 Å². The number of nitrogens with one attached hydrogen (secondary N) is 1. The Labute approximate surface area is 233 Å². The highest BCUT2D eigenvalue weighted by Crippen LogP contribution is 2.33. The highest BCUT2D eigenvalue weighted by molar-refractivity contribution is 5.91. The number of piperidine rings is 1. The van der Waals surface area contributed by atoms with Gasteiger partial charge in [-0.2, -0.15) is 0 Å². The van der Waals surface area contributed by atoms with Gasteiger partial charge in [0, 0.05) is 18.5 Å². The Bertz CT molecular complexity index is 1380. The van der Waals surface area contributed by atoms with Gasteiger partial charge in [-0.1, -0.05) is 36.4 Å². The van der Waals surface area contributed by atoms with Gasteiger partial charge in [0.15, 0.2) is 5.76 Å². The van der Waals surface area contributed by atoms with E-state index in [4.69, 9.17) is 14.9 Å². The quantitative estimate of drug-likeness (QED) is 0.398. The van der Waals surface area contributed by atoms with Crippen LogP contribution in [0.1, 0.15) is 51.2 Å². The third-order valence-electron chi connectivity index (χ3n) is 6.75. The number of aromatic nitrogens is 1. The highest BCUT2D eigenvalue weighted by Gasteiger charge is 2.36. The number of phenols is 1. The lowest BCUT2D eigenvalue weighted by Crippen LogP contribution is -2.56. The molecular formula is C30H36N4O6. The number of aromatic hydroxyl groups is 1. The third kappa shape index (κ3) is 6.80. The van der Waals surface area contributed by atoms with E-state index in [1.54, 1.807) is 46.0 Å². The topological polar surface area (TPSA) is 148 Å². The van der Waals surface area contributed by atoms with Crippen LogP contribution in [0, 0.1) is 6.92 Å². The van der Waals surface area contributed by atoms with E-state index in [-0.39, 0.29) is 12.2 Å². The van der Waals surface area contributed by atoms with Crippen molar-refractivity contribution in [2.45, 2.75) is 71.1 Å². The van der Waals surface area contributed by atoms with Crippen LogP contribution in [0.3, 0.4) is 0 Å². The zero-order valence-corrected chi connectivity index (χ0v) is 23.3. The molecule has 1 fully saturated rings. The maximum Gasteiger partial charge on any atom is 0.410 e. The number of oxazole rings is 1. The number of hydrogen-bond acceptors (Lipinski definition) is 7. The Morgan fingerprint density at radius 1 is 1.18 bits per heavy atom. The van der Waals surface area contributed by atoms with Crippen molar-refractivity contribution < 1.29 is 28.6 Å². The molecule has 0 saturated carbocycles. The number of amides is 3. The van der Waals surface area contributed by atoms with Gasteiger partial charge in [-0.15, -0.1) is 0 Å². The smallest absolute Gasteiger partial charge is 0.410 e. The molecule has 4 rings (SSSR count). The van der Waals surface area contributed by atoms with Gasteiger partial charge in [-0.25, -0.2) is 9.78 Å². The molecule has 212 valence electrons. The van der Waals surface area contributed by atoms with Crippen LogP contribution in [0.4, 0.5) is 4.79 Å². The fourth-order valence-corrected chi connectivity index (χ4v) is 4.64. The number of para-hydroxylation sites is 1. The first-order valence-electron chi connectivity index (χ1n) is 13.4. The molecule has 2 heterocycles. The second-order valence-corrected chi connectivity index (χ2v) is 11.1. The molecule has 2 aromatic carbocycles. The van der Waals surface area contributed by atoms with E-state index in [1.807, 2.05) is 30.3 Å². The summed E-state index contributed by atoms with van der Waals surface area (Å²) in [7, 11) is 0. The summed E-state index contributed by atoms with van der Waals surface area (Å²) in [5.74, 6) is -0.163. The summed E-state index contributed by atoms with van der Waals surface area (Å²) in [6.45, 7) is 7.52. The van der Waals surface area contributed by atoms with Gasteiger partial charge >= 0.3 is 6.09 Å². The Hall–Kier alpha value is -4.34. The van der Waals surface area contributed by atoms with Crippen LogP contribution >= 0.6 is 0 Å². The maximum atomic E-state index is 13.2. The summed E-state index contributed by atoms with van der Waals surface area (Å²) >= 11 is 0. The van der Waals surface area contributed by atoms with Crippen LogP contribution in [-0.4, -0.2) is 57.1 Å². The van der Waals surface area contributed by atoms with E-state index in [0.29, 0.717) is 30.2 Å². The minimum absolute atomic E-state index is 0.119. The molecule has 3 aromatic rings. The van der Waals surface area contributed by atoms with E-state index in [1.165, 1.54) is 4.90 Å². The van der Waals surface area contributed by atoms with Gasteiger partial charge in [0.05, 0.1) is 11.8 Å². The second kappa shape index (κ2) is 11.8. The zero-order chi connectivity index (χ0) is 29.0. The van der Waals surface area contributed by atoms with Crippen molar-refractivity contribution in [2.75, 3.05) is 6.54 Å². The predicted octanol–water partition coefficient (Wildman–Crippen LogP) is 4.32. The van der Waals surface area contributed by atoms with Crippen LogP contribution < -0.4 is 11.1 Å². The first-order chi connectivity index (χ1) is 18.9. The molecule has 10 nitrogen and oxygen atoms in total. The van der Waals surface area contributed by atoms with Gasteiger partial charge in [0.25, 0.3) is 0 Å². The fraction of sp³-hybridized carbons (Fsp3) is 0.400. The molecule has 1 aliphatic rings. The molecule has 4 N–H and O–H groups in total. The number of carbonyl (C=O) groups excluding carboxylic acids is 3. The number of primary amides is 1. The molecule has 2 unspecified atom stereocenters. The molecule has 1 aliphatic heterocycles. The summed E-state index contributed by atoms with van der Waals surface area (Å²) < 4.78 is 11.4. The molecule has 1 aromatic heterocycles. The lowest BCUT2D eigenvalue weighted by molar-refractivity contribution is -0.131. The predicted molar refractivity (Wildman–Crippen MR) is 149 cm³/mol. The number of rotatable bonds is 7. The number of benzene rings is 2. The third-order valence-corrected chi connectivity index (χ3v) is 6.75. The summed E-state index contributed by atoms with van der Waals surface area (Å²) in [6.07, 6.45) is 3.25. The van der Waals surface area contributed by atoms with E-state index >= 15 is 0 Å². The minimum atomic E-state index is -0.957. The number of phenolic OH excluding ortho intramolecular Hbond substituents is 1. The molecule has 0 bridgehead atoms. The number of nitrogens with zero attached hydrogens (tertiary/aromatic N) is 2. The lowest BCUT2D eigenvalue weighted by Gasteiger charge is -2.36. The maximum absolute atomic E-state index is 13.2. The normalized spacial score (nSPS) is 16.3. The van der Waals surface area contributed by atoms with Crippen LogP contribution in [0.2, 0.25) is 0 Å². The van der Waals surface area contributed by atoms with Crippen LogP contribution in [-0.2, 0) is 20.7 Å². The standard InChI is InChI=1S/C30H36N4O6/c1-18-8-7-9-21(25(18)35)28-32-17-24(39-28)20-13-11-19(12-14-20)16-22(26(31)36)33-27(37)23-10-5-6-15-34(23)29(38)40-30(2,3)4/h7-9,11-14,17,22-23,35H,5-6,10,15-16H2,1-4H3,(H2,31,36)(H,33,37). The molecule has 1 saturated heterocycles. The number of aryl methyl sites for hydroxylation is 1. The van der Waals surface area contributed by atoms with Crippen molar-refractivity contribution in [3.8, 4) is 28.5 Å². The second-order valence-electron chi connectivity index (χ2n) is 11.1. The van der Waals surface area contributed by atoms with Crippen LogP contribution in [0.15, 0.2) is 53.1 Å². The van der Waals surface area contributed by atoms with Crippen molar-refractivity contribution in [3.63, 3.8) is 0 Å². The Morgan fingerprint density at radius 2 is 1.90 bits per heavy atom. The van der Waals surface area contributed by atoms with E-state index in [2.05, 4.69) is 10.3 Å². The van der Waals surface area contributed by atoms with Crippen molar-refractivity contribution in [2.24, 2.45) is 5.73 Å². The SMILES string of the molecule is Cc1cccc(-c2ncc(-c3ccc(CC(NC(=O)C4CCCCN4C(=O)OC(C)(C)C)C(N)=O)cc3)o2)c1O. The van der Waals surface area contributed by atoms with Gasteiger partial charge in [-0.3, -0.25) is 14.5 Å². The molecule has 0 spiro atoms. The summed E-state index contributed by atoms with van der Waals surface area (Å²) in [5, 5.41) is 13.1. The molecule has 40 heavy (non-hydrogen) atoms. The number of ether oxygens (including phenoxy) is 1. The Morgan fingerprint density at radius 3 is 2.58 bits per heavy atom. The molecule has 0 aliphatic carbocycles. The van der Waals surface area contributed by atoms with E-state index in [9.17, 15) is 19.5 Å². The number of carbonyl (C=O) groups is 3. The number of likely N-dealkylation sites (tertiary alicyclic amines) is 1. The fourth-order valence-electron chi connectivity index (χ4n) is 4.64. The molecule has 10 heteroatoms. The Kier molecular flexibility index (Phi) is 8.46. The van der Waals surface area contributed by atoms with Gasteiger partial charge in [0.2, 0.25) is 17.7 Å². The van der Waals surface area contributed by atoms with E-state index < -0.39 is 35.6 Å². The van der Waals surface area contributed by atoms with Crippen molar-refractivity contribution >= 4 is 17.9 Å². The zero-order valence-electron chi connectivity index (χ0n) is 23.3.